The van der Waals surface area contributed by atoms with E-state index in [0.29, 0.717) is 18.4 Å². The average molecular weight is 640 g/mol. The van der Waals surface area contributed by atoms with Crippen LogP contribution < -0.4 is 0 Å². The molecule has 0 aromatic carbocycles. The lowest BCUT2D eigenvalue weighted by Crippen LogP contribution is -2.68. The van der Waals surface area contributed by atoms with E-state index in [0.717, 1.165) is 25.5 Å². The van der Waals surface area contributed by atoms with Crippen LogP contribution >= 0.6 is 0 Å². The molecule has 0 spiro atoms. The van der Waals surface area contributed by atoms with Gasteiger partial charge in [0.05, 0.1) is 24.7 Å². The van der Waals surface area contributed by atoms with Gasteiger partial charge in [0.15, 0.2) is 12.4 Å². The van der Waals surface area contributed by atoms with Crippen LogP contribution in [-0.4, -0.2) is 132 Å². The van der Waals surface area contributed by atoms with Gasteiger partial charge in [-0.25, -0.2) is 9.59 Å². The summed E-state index contributed by atoms with van der Waals surface area (Å²) in [6.45, 7) is 2.92. The molecule has 7 unspecified atom stereocenters. The summed E-state index contributed by atoms with van der Waals surface area (Å²) in [5, 5.41) is 81.8. The SMILES string of the molecule is C=CC1C(OC2OC(CO)C(O)C(O)(O)C2O)OC=C(C(=O)OC2CCCCC2)C1(O)C=CC1=CC(C(=O)O)=CN(CCO)C1. The second-order valence-electron chi connectivity index (χ2n) is 11.5. The lowest BCUT2D eigenvalue weighted by Gasteiger charge is -2.47. The van der Waals surface area contributed by atoms with E-state index >= 15 is 0 Å². The van der Waals surface area contributed by atoms with Crippen LogP contribution in [-0.2, 0) is 28.5 Å². The van der Waals surface area contributed by atoms with Crippen LogP contribution in [0.4, 0.5) is 0 Å². The molecule has 3 aliphatic heterocycles. The minimum atomic E-state index is -3.15. The number of hydrogen-bond donors (Lipinski definition) is 8. The van der Waals surface area contributed by atoms with Crippen molar-refractivity contribution in [2.45, 2.75) is 80.5 Å². The Kier molecular flexibility index (Phi) is 11.2. The Bertz CT molecular complexity index is 1220. The van der Waals surface area contributed by atoms with Crippen LogP contribution in [0.25, 0.3) is 0 Å². The second-order valence-corrected chi connectivity index (χ2v) is 11.5. The number of carboxylic acid groups (broad SMARTS) is 1. The van der Waals surface area contributed by atoms with E-state index in [-0.39, 0.29) is 36.9 Å². The molecular formula is C30H41NO14. The van der Waals surface area contributed by atoms with E-state index in [2.05, 4.69) is 6.58 Å². The van der Waals surface area contributed by atoms with Gasteiger partial charge in [-0.15, -0.1) is 6.58 Å². The summed E-state index contributed by atoms with van der Waals surface area (Å²) in [5.41, 5.74) is -2.28. The minimum absolute atomic E-state index is 0.0807. The van der Waals surface area contributed by atoms with E-state index in [1.165, 1.54) is 30.5 Å². The topological polar surface area (TPSA) is 236 Å². The number of carbonyl (C=O) groups excluding carboxylic acids is 1. The predicted molar refractivity (Wildman–Crippen MR) is 152 cm³/mol. The molecule has 4 aliphatic rings. The molecule has 3 heterocycles. The summed E-state index contributed by atoms with van der Waals surface area (Å²) in [7, 11) is 0. The van der Waals surface area contributed by atoms with E-state index in [9.17, 15) is 50.4 Å². The third-order valence-electron chi connectivity index (χ3n) is 8.32. The fourth-order valence-electron chi connectivity index (χ4n) is 5.75. The number of carbonyl (C=O) groups is 2. The summed E-state index contributed by atoms with van der Waals surface area (Å²) in [5.74, 6) is -6.60. The van der Waals surface area contributed by atoms with Crippen LogP contribution in [0.3, 0.4) is 0 Å². The fraction of sp³-hybridized carbons (Fsp3) is 0.600. The zero-order chi connectivity index (χ0) is 32.9. The minimum Gasteiger partial charge on any atom is -0.478 e. The third kappa shape index (κ3) is 7.48. The second kappa shape index (κ2) is 14.5. The number of esters is 1. The lowest BCUT2D eigenvalue weighted by atomic mass is 9.78. The first-order chi connectivity index (χ1) is 21.3. The molecule has 0 aromatic heterocycles. The average Bonchev–Trinajstić information content (AvgIpc) is 3.01. The highest BCUT2D eigenvalue weighted by Gasteiger charge is 2.57. The maximum atomic E-state index is 13.5. The zero-order valence-electron chi connectivity index (χ0n) is 24.6. The molecule has 4 rings (SSSR count). The molecule has 15 nitrogen and oxygen atoms in total. The van der Waals surface area contributed by atoms with Gasteiger partial charge in [0.2, 0.25) is 12.1 Å². The Morgan fingerprint density at radius 2 is 1.80 bits per heavy atom. The molecule has 0 bridgehead atoms. The van der Waals surface area contributed by atoms with E-state index in [4.69, 9.17) is 18.9 Å². The van der Waals surface area contributed by atoms with Gasteiger partial charge in [-0.2, -0.15) is 0 Å². The number of hydrogen-bond acceptors (Lipinski definition) is 14. The van der Waals surface area contributed by atoms with Gasteiger partial charge < -0.3 is 64.7 Å². The van der Waals surface area contributed by atoms with Crippen LogP contribution in [0.2, 0.25) is 0 Å². The molecule has 0 aromatic rings. The summed E-state index contributed by atoms with van der Waals surface area (Å²) in [6, 6.07) is 0. The number of aliphatic carboxylic acids is 1. The van der Waals surface area contributed by atoms with Crippen molar-refractivity contribution in [3.05, 3.63) is 60.1 Å². The van der Waals surface area contributed by atoms with Crippen molar-refractivity contribution in [1.29, 1.82) is 0 Å². The normalized spacial score (nSPS) is 33.9. The van der Waals surface area contributed by atoms with Crippen molar-refractivity contribution >= 4 is 11.9 Å². The Balaban J connectivity index is 1.68. The highest BCUT2D eigenvalue weighted by atomic mass is 16.8. The Morgan fingerprint density at radius 3 is 2.42 bits per heavy atom. The third-order valence-corrected chi connectivity index (χ3v) is 8.32. The van der Waals surface area contributed by atoms with Gasteiger partial charge in [-0.05, 0) is 43.4 Å². The molecule has 2 fully saturated rings. The van der Waals surface area contributed by atoms with Crippen molar-refractivity contribution in [3.63, 3.8) is 0 Å². The summed E-state index contributed by atoms with van der Waals surface area (Å²) < 4.78 is 22.4. The number of aliphatic hydroxyl groups excluding tert-OH is 4. The summed E-state index contributed by atoms with van der Waals surface area (Å²) in [4.78, 5) is 26.7. The Hall–Kier alpha value is -3.12. The molecule has 15 heteroatoms. The van der Waals surface area contributed by atoms with Crippen LogP contribution in [0, 0.1) is 5.92 Å². The first-order valence-corrected chi connectivity index (χ1v) is 14.7. The van der Waals surface area contributed by atoms with Crippen molar-refractivity contribution < 1.29 is 69.4 Å². The largest absolute Gasteiger partial charge is 0.478 e. The molecule has 7 atom stereocenters. The molecule has 250 valence electrons. The maximum Gasteiger partial charge on any atom is 0.340 e. The Morgan fingerprint density at radius 1 is 1.09 bits per heavy atom. The zero-order valence-corrected chi connectivity index (χ0v) is 24.6. The van der Waals surface area contributed by atoms with E-state index in [1.54, 1.807) is 4.90 Å². The van der Waals surface area contributed by atoms with Gasteiger partial charge in [-0.1, -0.05) is 18.6 Å². The van der Waals surface area contributed by atoms with Crippen molar-refractivity contribution in [2.24, 2.45) is 5.92 Å². The summed E-state index contributed by atoms with van der Waals surface area (Å²) >= 11 is 0. The highest BCUT2D eigenvalue weighted by molar-refractivity contribution is 5.92. The highest BCUT2D eigenvalue weighted by Crippen LogP contribution is 2.41. The number of aliphatic hydroxyl groups is 7. The number of nitrogens with zero attached hydrogens (tertiary/aromatic N) is 1. The number of ether oxygens (including phenoxy) is 4. The molecule has 1 aliphatic carbocycles. The molecular weight excluding hydrogens is 598 g/mol. The van der Waals surface area contributed by atoms with Gasteiger partial charge in [0.1, 0.15) is 35.7 Å². The van der Waals surface area contributed by atoms with Crippen molar-refractivity contribution in [1.82, 2.24) is 4.90 Å². The maximum absolute atomic E-state index is 13.5. The van der Waals surface area contributed by atoms with Gasteiger partial charge in [0.25, 0.3) is 0 Å². The van der Waals surface area contributed by atoms with E-state index < -0.39 is 66.7 Å². The molecule has 0 amide bonds. The van der Waals surface area contributed by atoms with E-state index in [1.807, 2.05) is 0 Å². The molecule has 1 saturated heterocycles. The van der Waals surface area contributed by atoms with Crippen LogP contribution in [0.15, 0.2) is 60.1 Å². The number of rotatable bonds is 11. The smallest absolute Gasteiger partial charge is 0.340 e. The van der Waals surface area contributed by atoms with Crippen molar-refractivity contribution in [3.8, 4) is 0 Å². The number of β-amino-alcohol motifs (C(OH)–C–C–N with tert-alkyl or cyclic N) is 1. The van der Waals surface area contributed by atoms with Crippen LogP contribution in [0.5, 0.6) is 0 Å². The first-order valence-electron chi connectivity index (χ1n) is 14.7. The number of carboxylic acids is 1. The fourth-order valence-corrected chi connectivity index (χ4v) is 5.75. The van der Waals surface area contributed by atoms with Gasteiger partial charge >= 0.3 is 11.9 Å². The quantitative estimate of drug-likeness (QED) is 0.0732. The summed E-state index contributed by atoms with van der Waals surface area (Å²) in [6.07, 6.45) is 1.68. The monoisotopic (exact) mass is 639 g/mol. The van der Waals surface area contributed by atoms with Gasteiger partial charge in [-0.3, -0.25) is 0 Å². The Labute approximate surface area is 259 Å². The standard InChI is InChI=1S/C30H41NO14/c1-2-20-27(45-28-24(35)30(40,41)23(34)22(15-33)44-28)42-16-21(26(38)43-19-6-4-3-5-7-19)29(20,39)9-8-17-12-18(25(36)37)14-31(13-17)10-11-32/h2,8-9,12,14,16,19-20,22-24,27-28,32-35,39-41H,1,3-7,10-11,13,15H2,(H,36,37). The lowest BCUT2D eigenvalue weighted by molar-refractivity contribution is -0.405. The van der Waals surface area contributed by atoms with Gasteiger partial charge in [0, 0.05) is 19.3 Å². The van der Waals surface area contributed by atoms with Crippen LogP contribution in [0.1, 0.15) is 32.1 Å². The first kappa shape index (κ1) is 34.7. The predicted octanol–water partition coefficient (Wildman–Crippen LogP) is -1.47. The molecule has 45 heavy (non-hydrogen) atoms. The molecule has 1 saturated carbocycles. The molecule has 8 N–H and O–H groups in total. The van der Waals surface area contributed by atoms with Crippen molar-refractivity contribution in [2.75, 3.05) is 26.3 Å². The molecule has 0 radical (unpaired) electrons.